The molecule has 5 nitrogen and oxygen atoms in total. The Hall–Kier alpha value is -1.56. The number of carboxylic acid groups (broad SMARTS) is 1. The van der Waals surface area contributed by atoms with Crippen LogP contribution in [0, 0.1) is 5.92 Å². The zero-order valence-corrected chi connectivity index (χ0v) is 11.7. The van der Waals surface area contributed by atoms with E-state index in [1.807, 2.05) is 6.07 Å². The number of carboxylic acids is 1. The van der Waals surface area contributed by atoms with Crippen molar-refractivity contribution in [3.63, 3.8) is 0 Å². The molecule has 0 aliphatic heterocycles. The smallest absolute Gasteiger partial charge is 0.326 e. The van der Waals surface area contributed by atoms with Crippen molar-refractivity contribution in [2.24, 2.45) is 5.92 Å². The number of aliphatic carboxylic acids is 1. The highest BCUT2D eigenvalue weighted by molar-refractivity contribution is 9.10. The third-order valence-electron chi connectivity index (χ3n) is 2.30. The minimum Gasteiger partial charge on any atom is -0.480 e. The first-order valence-corrected chi connectivity index (χ1v) is 6.25. The van der Waals surface area contributed by atoms with Crippen LogP contribution in [0.2, 0.25) is 0 Å². The van der Waals surface area contributed by atoms with Crippen LogP contribution in [0.15, 0.2) is 28.7 Å². The molecule has 0 fully saturated rings. The second-order valence-corrected chi connectivity index (χ2v) is 5.08. The molecule has 0 aliphatic rings. The number of halogens is 1. The molecule has 2 amide bonds. The van der Waals surface area contributed by atoms with Gasteiger partial charge in [0.1, 0.15) is 6.04 Å². The first-order chi connectivity index (χ1) is 8.40. The van der Waals surface area contributed by atoms with Crippen LogP contribution in [0.3, 0.4) is 0 Å². The van der Waals surface area contributed by atoms with Gasteiger partial charge in [-0.15, -0.1) is 0 Å². The van der Waals surface area contributed by atoms with E-state index < -0.39 is 18.0 Å². The molecule has 0 saturated carbocycles. The van der Waals surface area contributed by atoms with Crippen molar-refractivity contribution in [2.75, 3.05) is 5.32 Å². The average molecular weight is 315 g/mol. The molecule has 6 heteroatoms. The molecule has 0 spiro atoms. The van der Waals surface area contributed by atoms with Crippen LogP contribution in [0.5, 0.6) is 0 Å². The lowest BCUT2D eigenvalue weighted by atomic mass is 10.1. The van der Waals surface area contributed by atoms with Gasteiger partial charge in [0, 0.05) is 10.2 Å². The molecule has 98 valence electrons. The van der Waals surface area contributed by atoms with E-state index in [9.17, 15) is 9.59 Å². The van der Waals surface area contributed by atoms with Gasteiger partial charge in [0.25, 0.3) is 0 Å². The second kappa shape index (κ2) is 6.39. The van der Waals surface area contributed by atoms with Crippen LogP contribution in [0.25, 0.3) is 0 Å². The molecule has 1 aromatic rings. The molecule has 1 aromatic carbocycles. The minimum atomic E-state index is -1.05. The van der Waals surface area contributed by atoms with E-state index >= 15 is 0 Å². The van der Waals surface area contributed by atoms with Crippen LogP contribution >= 0.6 is 15.9 Å². The summed E-state index contributed by atoms with van der Waals surface area (Å²) in [7, 11) is 0. The summed E-state index contributed by atoms with van der Waals surface area (Å²) in [6.45, 7) is 3.47. The first kappa shape index (κ1) is 14.5. The van der Waals surface area contributed by atoms with Gasteiger partial charge in [-0.3, -0.25) is 0 Å². The highest BCUT2D eigenvalue weighted by atomic mass is 79.9. The zero-order chi connectivity index (χ0) is 13.7. The molecule has 1 atom stereocenters. The maximum absolute atomic E-state index is 11.6. The molecule has 1 rings (SSSR count). The number of benzene rings is 1. The van der Waals surface area contributed by atoms with Gasteiger partial charge in [-0.1, -0.05) is 35.8 Å². The monoisotopic (exact) mass is 314 g/mol. The Bertz CT molecular complexity index is 449. The molecule has 3 N–H and O–H groups in total. The average Bonchev–Trinajstić information content (AvgIpc) is 2.25. The number of anilines is 1. The number of carbonyl (C=O) groups excluding carboxylic acids is 1. The van der Waals surface area contributed by atoms with Crippen LogP contribution < -0.4 is 10.6 Å². The summed E-state index contributed by atoms with van der Waals surface area (Å²) in [4.78, 5) is 22.6. The maximum atomic E-state index is 11.6. The third kappa shape index (κ3) is 4.37. The summed E-state index contributed by atoms with van der Waals surface area (Å²) >= 11 is 3.28. The third-order valence-corrected chi connectivity index (χ3v) is 2.80. The number of rotatable bonds is 4. The van der Waals surface area contributed by atoms with Gasteiger partial charge < -0.3 is 15.7 Å². The van der Waals surface area contributed by atoms with Crippen molar-refractivity contribution >= 4 is 33.6 Å². The fourth-order valence-corrected chi connectivity index (χ4v) is 1.79. The van der Waals surface area contributed by atoms with Crippen molar-refractivity contribution in [3.8, 4) is 0 Å². The molecule has 0 aliphatic carbocycles. The molecule has 0 unspecified atom stereocenters. The Balaban J connectivity index is 2.63. The van der Waals surface area contributed by atoms with E-state index in [-0.39, 0.29) is 5.92 Å². The molecule has 18 heavy (non-hydrogen) atoms. The standard InChI is InChI=1S/C12H15BrN2O3/c1-7(2)10(11(16)17)15-12(18)14-9-5-3-4-8(13)6-9/h3-7,10H,1-2H3,(H,16,17)(H2,14,15,18)/t10-/m1/s1. The maximum Gasteiger partial charge on any atom is 0.326 e. The van der Waals surface area contributed by atoms with Crippen LogP contribution in [0.1, 0.15) is 13.8 Å². The fourth-order valence-electron chi connectivity index (χ4n) is 1.39. The number of carbonyl (C=O) groups is 2. The summed E-state index contributed by atoms with van der Waals surface area (Å²) in [6.07, 6.45) is 0. The van der Waals surface area contributed by atoms with E-state index in [4.69, 9.17) is 5.11 Å². The Kier molecular flexibility index (Phi) is 5.15. The largest absolute Gasteiger partial charge is 0.480 e. The number of hydrogen-bond acceptors (Lipinski definition) is 2. The SMILES string of the molecule is CC(C)[C@@H](NC(=O)Nc1cccc(Br)c1)C(=O)O. The molecule has 0 aromatic heterocycles. The molecular weight excluding hydrogens is 300 g/mol. The predicted molar refractivity (Wildman–Crippen MR) is 72.6 cm³/mol. The summed E-state index contributed by atoms with van der Waals surface area (Å²) in [5, 5.41) is 14.0. The fraction of sp³-hybridized carbons (Fsp3) is 0.333. The van der Waals surface area contributed by atoms with Gasteiger partial charge in [0.15, 0.2) is 0 Å². The molecular formula is C12H15BrN2O3. The summed E-state index contributed by atoms with van der Waals surface area (Å²) in [5.74, 6) is -1.23. The van der Waals surface area contributed by atoms with Crippen molar-refractivity contribution < 1.29 is 14.7 Å². The number of hydrogen-bond donors (Lipinski definition) is 3. The zero-order valence-electron chi connectivity index (χ0n) is 10.1. The van der Waals surface area contributed by atoms with Crippen molar-refractivity contribution in [2.45, 2.75) is 19.9 Å². The Morgan fingerprint density at radius 2 is 2.00 bits per heavy atom. The Labute approximate surface area is 114 Å². The Morgan fingerprint density at radius 3 is 2.50 bits per heavy atom. The molecule has 0 bridgehead atoms. The van der Waals surface area contributed by atoms with E-state index in [2.05, 4.69) is 26.6 Å². The van der Waals surface area contributed by atoms with Gasteiger partial charge >= 0.3 is 12.0 Å². The van der Waals surface area contributed by atoms with Gasteiger partial charge in [-0.05, 0) is 24.1 Å². The summed E-state index contributed by atoms with van der Waals surface area (Å²) in [6, 6.07) is 5.61. The van der Waals surface area contributed by atoms with Gasteiger partial charge in [-0.25, -0.2) is 9.59 Å². The van der Waals surface area contributed by atoms with E-state index in [0.29, 0.717) is 5.69 Å². The molecule has 0 heterocycles. The van der Waals surface area contributed by atoms with Gasteiger partial charge in [0.05, 0.1) is 0 Å². The van der Waals surface area contributed by atoms with Crippen LogP contribution in [0.4, 0.5) is 10.5 Å². The number of nitrogens with one attached hydrogen (secondary N) is 2. The first-order valence-electron chi connectivity index (χ1n) is 5.46. The van der Waals surface area contributed by atoms with Crippen LogP contribution in [-0.4, -0.2) is 23.1 Å². The van der Waals surface area contributed by atoms with Gasteiger partial charge in [-0.2, -0.15) is 0 Å². The van der Waals surface area contributed by atoms with E-state index in [0.717, 1.165) is 4.47 Å². The van der Waals surface area contributed by atoms with Crippen molar-refractivity contribution in [1.82, 2.24) is 5.32 Å². The van der Waals surface area contributed by atoms with E-state index in [1.54, 1.807) is 32.0 Å². The highest BCUT2D eigenvalue weighted by Gasteiger charge is 2.23. The summed E-state index contributed by atoms with van der Waals surface area (Å²) in [5.41, 5.74) is 0.592. The topological polar surface area (TPSA) is 78.4 Å². The highest BCUT2D eigenvalue weighted by Crippen LogP contribution is 2.15. The quantitative estimate of drug-likeness (QED) is 0.799. The molecule has 0 radical (unpaired) electrons. The minimum absolute atomic E-state index is 0.184. The normalized spacial score (nSPS) is 12.0. The number of amides is 2. The lowest BCUT2D eigenvalue weighted by Crippen LogP contribution is -2.46. The summed E-state index contributed by atoms with van der Waals surface area (Å²) < 4.78 is 0.832. The predicted octanol–water partition coefficient (Wildman–Crippen LogP) is 2.68. The molecule has 0 saturated heterocycles. The second-order valence-electron chi connectivity index (χ2n) is 4.17. The van der Waals surface area contributed by atoms with Crippen LogP contribution in [-0.2, 0) is 4.79 Å². The lowest BCUT2D eigenvalue weighted by molar-refractivity contribution is -0.140. The van der Waals surface area contributed by atoms with Crippen molar-refractivity contribution in [3.05, 3.63) is 28.7 Å². The van der Waals surface area contributed by atoms with E-state index in [1.165, 1.54) is 0 Å². The van der Waals surface area contributed by atoms with Crippen molar-refractivity contribution in [1.29, 1.82) is 0 Å². The van der Waals surface area contributed by atoms with Gasteiger partial charge in [0.2, 0.25) is 0 Å². The number of urea groups is 1. The lowest BCUT2D eigenvalue weighted by Gasteiger charge is -2.18. The Morgan fingerprint density at radius 1 is 1.33 bits per heavy atom.